The summed E-state index contributed by atoms with van der Waals surface area (Å²) in [6, 6.07) is 0.496. The molecule has 1 saturated heterocycles. The average molecular weight is 241 g/mol. The lowest BCUT2D eigenvalue weighted by molar-refractivity contribution is 0.354. The Hall–Kier alpha value is -0.550. The van der Waals surface area contributed by atoms with E-state index in [1.54, 1.807) is 0 Å². The lowest BCUT2D eigenvalue weighted by Gasteiger charge is -2.07. The lowest BCUT2D eigenvalue weighted by Crippen LogP contribution is -2.24. The van der Waals surface area contributed by atoms with Crippen LogP contribution < -0.4 is 5.32 Å². The average Bonchev–Trinajstić information content (AvgIpc) is 2.95. The predicted molar refractivity (Wildman–Crippen MR) is 65.3 cm³/mol. The van der Waals surface area contributed by atoms with E-state index in [-0.39, 0.29) is 0 Å². The first kappa shape index (κ1) is 11.9. The van der Waals surface area contributed by atoms with Crippen molar-refractivity contribution in [3.05, 3.63) is 11.7 Å². The molecule has 0 saturated carbocycles. The zero-order valence-electron chi connectivity index (χ0n) is 9.90. The Bertz CT molecular complexity index is 323. The van der Waals surface area contributed by atoms with Crippen LogP contribution in [0.4, 0.5) is 0 Å². The van der Waals surface area contributed by atoms with Gasteiger partial charge in [0, 0.05) is 6.04 Å². The van der Waals surface area contributed by atoms with Crippen molar-refractivity contribution in [3.63, 3.8) is 0 Å². The molecular weight excluding hydrogens is 222 g/mol. The monoisotopic (exact) mass is 241 g/mol. The Labute approximate surface area is 101 Å². The molecule has 0 aromatic carbocycles. The summed E-state index contributed by atoms with van der Waals surface area (Å²) >= 11 is 1.93. The van der Waals surface area contributed by atoms with Crippen molar-refractivity contribution < 1.29 is 4.52 Å². The normalized spacial score (nSPS) is 22.5. The number of aromatic nitrogens is 2. The maximum absolute atomic E-state index is 5.24. The molecule has 0 bridgehead atoms. The summed E-state index contributed by atoms with van der Waals surface area (Å²) in [7, 11) is 0. The van der Waals surface area contributed by atoms with E-state index in [2.05, 4.69) is 29.3 Å². The molecule has 1 fully saturated rings. The smallest absolute Gasteiger partial charge is 0.240 e. The zero-order valence-corrected chi connectivity index (χ0v) is 10.7. The molecule has 0 spiro atoms. The number of thioether (sulfide) groups is 1. The van der Waals surface area contributed by atoms with Crippen LogP contribution >= 0.6 is 11.8 Å². The van der Waals surface area contributed by atoms with E-state index in [9.17, 15) is 0 Å². The van der Waals surface area contributed by atoms with E-state index in [0.717, 1.165) is 12.2 Å². The van der Waals surface area contributed by atoms with Crippen molar-refractivity contribution in [2.75, 3.05) is 5.75 Å². The predicted octanol–water partition coefficient (Wildman–Crippen LogP) is 2.53. The van der Waals surface area contributed by atoms with Crippen LogP contribution in [0.3, 0.4) is 0 Å². The fourth-order valence-corrected chi connectivity index (χ4v) is 2.85. The van der Waals surface area contributed by atoms with Gasteiger partial charge in [0.05, 0.1) is 11.8 Å². The second-order valence-electron chi connectivity index (χ2n) is 4.24. The van der Waals surface area contributed by atoms with Crippen LogP contribution in [0, 0.1) is 0 Å². The summed E-state index contributed by atoms with van der Waals surface area (Å²) in [5, 5.41) is 7.86. The molecule has 2 atom stereocenters. The summed E-state index contributed by atoms with van der Waals surface area (Å²) in [5.74, 6) is 2.81. The Morgan fingerprint density at radius 1 is 1.62 bits per heavy atom. The highest BCUT2D eigenvalue weighted by Crippen LogP contribution is 2.38. The topological polar surface area (TPSA) is 51.0 Å². The highest BCUT2D eigenvalue weighted by Gasteiger charge is 2.22. The third-order valence-corrected chi connectivity index (χ3v) is 4.29. The molecule has 16 heavy (non-hydrogen) atoms. The lowest BCUT2D eigenvalue weighted by atomic mass is 10.2. The number of hydrogen-bond donors (Lipinski definition) is 1. The Kier molecular flexibility index (Phi) is 4.23. The van der Waals surface area contributed by atoms with E-state index in [1.807, 2.05) is 11.8 Å². The first-order chi connectivity index (χ1) is 7.79. The van der Waals surface area contributed by atoms with Gasteiger partial charge in [-0.05, 0) is 31.9 Å². The minimum absolute atomic E-state index is 0.459. The van der Waals surface area contributed by atoms with Gasteiger partial charge < -0.3 is 9.84 Å². The minimum Gasteiger partial charge on any atom is -0.338 e. The molecule has 0 aliphatic carbocycles. The van der Waals surface area contributed by atoms with Crippen molar-refractivity contribution >= 4 is 11.8 Å². The molecule has 90 valence electrons. The number of nitrogens with zero attached hydrogens (tertiary/aromatic N) is 2. The van der Waals surface area contributed by atoms with Crippen molar-refractivity contribution in [3.8, 4) is 0 Å². The molecule has 1 aromatic heterocycles. The quantitative estimate of drug-likeness (QED) is 0.858. The maximum atomic E-state index is 5.24. The third-order valence-electron chi connectivity index (χ3n) is 2.92. The fourth-order valence-electron chi connectivity index (χ4n) is 1.66. The zero-order chi connectivity index (χ0) is 11.4. The molecule has 2 unspecified atom stereocenters. The van der Waals surface area contributed by atoms with Gasteiger partial charge in [0.1, 0.15) is 0 Å². The minimum atomic E-state index is 0.459. The second-order valence-corrected chi connectivity index (χ2v) is 5.55. The summed E-state index contributed by atoms with van der Waals surface area (Å²) in [4.78, 5) is 4.44. The van der Waals surface area contributed by atoms with Crippen LogP contribution in [0.25, 0.3) is 0 Å². The van der Waals surface area contributed by atoms with E-state index < -0.39 is 0 Å². The van der Waals surface area contributed by atoms with Crippen LogP contribution in [-0.2, 0) is 6.54 Å². The van der Waals surface area contributed by atoms with Gasteiger partial charge >= 0.3 is 0 Å². The van der Waals surface area contributed by atoms with Crippen molar-refractivity contribution in [2.24, 2.45) is 0 Å². The van der Waals surface area contributed by atoms with Gasteiger partial charge in [-0.15, -0.1) is 0 Å². The molecule has 1 aliphatic heterocycles. The SMILES string of the molecule is CCC(C)NCc1nc(C2CCCS2)no1. The fraction of sp³-hybridized carbons (Fsp3) is 0.818. The van der Waals surface area contributed by atoms with Crippen LogP contribution in [-0.4, -0.2) is 21.9 Å². The molecule has 2 heterocycles. The summed E-state index contributed by atoms with van der Waals surface area (Å²) in [6.07, 6.45) is 3.56. The number of rotatable bonds is 5. The van der Waals surface area contributed by atoms with E-state index >= 15 is 0 Å². The van der Waals surface area contributed by atoms with Crippen LogP contribution in [0.5, 0.6) is 0 Å². The summed E-state index contributed by atoms with van der Waals surface area (Å²) < 4.78 is 5.24. The summed E-state index contributed by atoms with van der Waals surface area (Å²) in [6.45, 7) is 5.00. The van der Waals surface area contributed by atoms with Crippen molar-refractivity contribution in [1.82, 2.24) is 15.5 Å². The Morgan fingerprint density at radius 2 is 2.50 bits per heavy atom. The Balaban J connectivity index is 1.86. The molecular formula is C11H19N3OS. The van der Waals surface area contributed by atoms with Gasteiger partial charge in [-0.25, -0.2) is 0 Å². The van der Waals surface area contributed by atoms with E-state index in [0.29, 0.717) is 23.7 Å². The maximum Gasteiger partial charge on any atom is 0.240 e. The molecule has 1 aromatic rings. The van der Waals surface area contributed by atoms with Crippen LogP contribution in [0.15, 0.2) is 4.52 Å². The molecule has 5 heteroatoms. The van der Waals surface area contributed by atoms with Gasteiger partial charge in [-0.2, -0.15) is 16.7 Å². The second kappa shape index (κ2) is 5.68. The Morgan fingerprint density at radius 3 is 3.19 bits per heavy atom. The molecule has 0 amide bonds. The first-order valence-corrected chi connectivity index (χ1v) is 7.02. The van der Waals surface area contributed by atoms with Gasteiger partial charge in [-0.3, -0.25) is 0 Å². The van der Waals surface area contributed by atoms with Gasteiger partial charge in [0.15, 0.2) is 5.82 Å². The van der Waals surface area contributed by atoms with Gasteiger partial charge in [-0.1, -0.05) is 12.1 Å². The van der Waals surface area contributed by atoms with Gasteiger partial charge in [0.25, 0.3) is 0 Å². The molecule has 1 N–H and O–H groups in total. The standard InChI is InChI=1S/C11H19N3OS/c1-3-8(2)12-7-10-13-11(14-15-10)9-5-4-6-16-9/h8-9,12H,3-7H2,1-2H3. The van der Waals surface area contributed by atoms with E-state index in [4.69, 9.17) is 4.52 Å². The van der Waals surface area contributed by atoms with Crippen molar-refractivity contribution in [2.45, 2.75) is 50.9 Å². The molecule has 4 nitrogen and oxygen atoms in total. The highest BCUT2D eigenvalue weighted by molar-refractivity contribution is 7.99. The number of hydrogen-bond acceptors (Lipinski definition) is 5. The largest absolute Gasteiger partial charge is 0.338 e. The van der Waals surface area contributed by atoms with Crippen molar-refractivity contribution in [1.29, 1.82) is 0 Å². The first-order valence-electron chi connectivity index (χ1n) is 5.97. The molecule has 1 aliphatic rings. The number of nitrogens with one attached hydrogen (secondary N) is 1. The highest BCUT2D eigenvalue weighted by atomic mass is 32.2. The molecule has 2 rings (SSSR count). The molecule has 0 radical (unpaired) electrons. The van der Waals surface area contributed by atoms with Gasteiger partial charge in [0.2, 0.25) is 5.89 Å². The summed E-state index contributed by atoms with van der Waals surface area (Å²) in [5.41, 5.74) is 0. The van der Waals surface area contributed by atoms with E-state index in [1.165, 1.54) is 18.6 Å². The van der Waals surface area contributed by atoms with Crippen LogP contribution in [0.2, 0.25) is 0 Å². The van der Waals surface area contributed by atoms with Crippen LogP contribution in [0.1, 0.15) is 50.1 Å². The third kappa shape index (κ3) is 2.98.